The van der Waals surface area contributed by atoms with Crippen LogP contribution in [0, 0.1) is 0 Å². The Hall–Kier alpha value is -2.26. The van der Waals surface area contributed by atoms with Crippen molar-refractivity contribution in [3.63, 3.8) is 0 Å². The maximum absolute atomic E-state index is 13.2. The fourth-order valence-corrected chi connectivity index (χ4v) is 4.17. The topological polar surface area (TPSA) is 66.5 Å². The lowest BCUT2D eigenvalue weighted by Crippen LogP contribution is -2.41. The summed E-state index contributed by atoms with van der Waals surface area (Å²) < 4.78 is 66.5. The molecule has 0 heterocycles. The lowest BCUT2D eigenvalue weighted by atomic mass is 10.2. The van der Waals surface area contributed by atoms with Gasteiger partial charge in [-0.15, -0.1) is 0 Å². The maximum atomic E-state index is 13.2. The molecule has 0 radical (unpaired) electrons. The van der Waals surface area contributed by atoms with Crippen LogP contribution < -0.4 is 9.62 Å². The number of carbonyl (C=O) groups is 1. The number of nitrogens with one attached hydrogen (secondary N) is 1. The summed E-state index contributed by atoms with van der Waals surface area (Å²) in [6.45, 7) is 1.59. The number of hydrogen-bond acceptors (Lipinski definition) is 3. The third kappa shape index (κ3) is 5.86. The highest BCUT2D eigenvalue weighted by molar-refractivity contribution is 7.92. The summed E-state index contributed by atoms with van der Waals surface area (Å²) in [5.41, 5.74) is -1.49. The first-order valence-corrected chi connectivity index (χ1v) is 10.6. The predicted octanol–water partition coefficient (Wildman–Crippen LogP) is 4.47. The quantitative estimate of drug-likeness (QED) is 0.606. The number of benzene rings is 2. The number of unbranched alkanes of at least 4 members (excludes halogenated alkanes) is 1. The smallest absolute Gasteiger partial charge is 0.355 e. The van der Waals surface area contributed by atoms with E-state index >= 15 is 0 Å². The van der Waals surface area contributed by atoms with Gasteiger partial charge in [0.2, 0.25) is 5.91 Å². The van der Waals surface area contributed by atoms with Crippen LogP contribution in [-0.4, -0.2) is 27.4 Å². The van der Waals surface area contributed by atoms with Gasteiger partial charge in [0.25, 0.3) is 10.0 Å². The molecule has 0 aliphatic heterocycles. The third-order valence-corrected chi connectivity index (χ3v) is 6.13. The Kier molecular flexibility index (Phi) is 7.54. The molecule has 1 amide bonds. The van der Waals surface area contributed by atoms with E-state index in [9.17, 15) is 26.4 Å². The Morgan fingerprint density at radius 1 is 1.14 bits per heavy atom. The minimum Gasteiger partial charge on any atom is -0.355 e. The van der Waals surface area contributed by atoms with Crippen LogP contribution in [0.3, 0.4) is 0 Å². The number of sulfonamides is 1. The first-order chi connectivity index (χ1) is 13.6. The van der Waals surface area contributed by atoms with Crippen LogP contribution in [0.4, 0.5) is 18.9 Å². The van der Waals surface area contributed by atoms with E-state index in [4.69, 9.17) is 11.6 Å². The summed E-state index contributed by atoms with van der Waals surface area (Å²) in [6, 6.07) is 9.90. The highest BCUT2D eigenvalue weighted by atomic mass is 35.5. The van der Waals surface area contributed by atoms with Crippen molar-refractivity contribution in [3.8, 4) is 0 Å². The number of carbonyl (C=O) groups excluding carboxylic acids is 1. The Morgan fingerprint density at radius 3 is 2.38 bits per heavy atom. The van der Waals surface area contributed by atoms with Crippen molar-refractivity contribution < 1.29 is 26.4 Å². The molecule has 158 valence electrons. The van der Waals surface area contributed by atoms with Gasteiger partial charge in [-0.2, -0.15) is 13.2 Å². The summed E-state index contributed by atoms with van der Waals surface area (Å²) in [5, 5.41) is 2.01. The van der Waals surface area contributed by atoms with E-state index in [1.54, 1.807) is 6.07 Å². The molecule has 29 heavy (non-hydrogen) atoms. The molecule has 0 spiro atoms. The van der Waals surface area contributed by atoms with Crippen LogP contribution in [0.5, 0.6) is 0 Å². The van der Waals surface area contributed by atoms with Gasteiger partial charge in [0, 0.05) is 6.54 Å². The lowest BCUT2D eigenvalue weighted by Gasteiger charge is -2.25. The Balaban J connectivity index is 2.49. The van der Waals surface area contributed by atoms with Gasteiger partial charge in [0.15, 0.2) is 0 Å². The number of nitrogens with zero attached hydrogens (tertiary/aromatic N) is 1. The van der Waals surface area contributed by atoms with Crippen LogP contribution in [0.25, 0.3) is 0 Å². The van der Waals surface area contributed by atoms with Gasteiger partial charge in [-0.25, -0.2) is 8.42 Å². The number of alkyl halides is 3. The summed E-state index contributed by atoms with van der Waals surface area (Å²) in [4.78, 5) is 12.1. The molecule has 0 aromatic heterocycles. The monoisotopic (exact) mass is 448 g/mol. The van der Waals surface area contributed by atoms with E-state index in [0.717, 1.165) is 18.6 Å². The summed E-state index contributed by atoms with van der Waals surface area (Å²) in [7, 11) is -4.29. The molecule has 2 aromatic rings. The summed E-state index contributed by atoms with van der Waals surface area (Å²) in [6.07, 6.45) is -3.27. The molecule has 10 heteroatoms. The predicted molar refractivity (Wildman–Crippen MR) is 105 cm³/mol. The average molecular weight is 449 g/mol. The first kappa shape index (κ1) is 23.0. The number of anilines is 1. The Morgan fingerprint density at radius 2 is 1.79 bits per heavy atom. The van der Waals surface area contributed by atoms with Gasteiger partial charge in [-0.3, -0.25) is 9.10 Å². The second-order valence-electron chi connectivity index (χ2n) is 6.19. The molecule has 0 fully saturated rings. The molecular formula is C19H20ClF3N2O3S. The normalized spacial score (nSPS) is 11.9. The molecule has 0 saturated heterocycles. The Labute approximate surface area is 172 Å². The molecule has 0 bridgehead atoms. The van der Waals surface area contributed by atoms with Crippen molar-refractivity contribution in [1.82, 2.24) is 5.32 Å². The number of hydrogen-bond donors (Lipinski definition) is 1. The van der Waals surface area contributed by atoms with Gasteiger partial charge < -0.3 is 5.32 Å². The lowest BCUT2D eigenvalue weighted by molar-refractivity contribution is -0.137. The largest absolute Gasteiger partial charge is 0.417 e. The molecule has 1 N–H and O–H groups in total. The van der Waals surface area contributed by atoms with Crippen molar-refractivity contribution >= 4 is 33.2 Å². The van der Waals surface area contributed by atoms with Crippen molar-refractivity contribution in [2.45, 2.75) is 30.8 Å². The van der Waals surface area contributed by atoms with E-state index in [2.05, 4.69) is 5.32 Å². The maximum Gasteiger partial charge on any atom is 0.417 e. The zero-order valence-corrected chi connectivity index (χ0v) is 17.1. The van der Waals surface area contributed by atoms with E-state index in [0.29, 0.717) is 23.3 Å². The molecular weight excluding hydrogens is 429 g/mol. The third-order valence-electron chi connectivity index (χ3n) is 4.01. The molecule has 0 atom stereocenters. The van der Waals surface area contributed by atoms with Crippen LogP contribution >= 0.6 is 11.6 Å². The van der Waals surface area contributed by atoms with Crippen molar-refractivity contribution in [2.24, 2.45) is 0 Å². The van der Waals surface area contributed by atoms with E-state index in [-0.39, 0.29) is 10.6 Å². The molecule has 0 aliphatic carbocycles. The standard InChI is InChI=1S/C19H20ClF3N2O3S/c1-2-3-11-24-18(26)13-25(29(27,28)15-7-5-4-6-8-15)14-9-10-17(20)16(12-14)19(21,22)23/h4-10,12H,2-3,11,13H2,1H3,(H,24,26). The fourth-order valence-electron chi connectivity index (χ4n) is 2.51. The minimum atomic E-state index is -4.78. The van der Waals surface area contributed by atoms with Crippen LogP contribution in [-0.2, 0) is 21.0 Å². The second kappa shape index (κ2) is 9.49. The van der Waals surface area contributed by atoms with Gasteiger partial charge in [0.1, 0.15) is 6.54 Å². The van der Waals surface area contributed by atoms with Crippen molar-refractivity contribution in [2.75, 3.05) is 17.4 Å². The zero-order valence-electron chi connectivity index (χ0n) is 15.5. The molecule has 0 unspecified atom stereocenters. The second-order valence-corrected chi connectivity index (χ2v) is 8.46. The summed E-state index contributed by atoms with van der Waals surface area (Å²) in [5.74, 6) is -0.624. The molecule has 5 nitrogen and oxygen atoms in total. The van der Waals surface area contributed by atoms with Crippen LogP contribution in [0.2, 0.25) is 5.02 Å². The van der Waals surface area contributed by atoms with Gasteiger partial charge in [-0.1, -0.05) is 43.1 Å². The van der Waals surface area contributed by atoms with Crippen LogP contribution in [0.15, 0.2) is 53.4 Å². The van der Waals surface area contributed by atoms with Gasteiger partial charge >= 0.3 is 6.18 Å². The fraction of sp³-hybridized carbons (Fsp3) is 0.316. The SMILES string of the molecule is CCCCNC(=O)CN(c1ccc(Cl)c(C(F)(F)F)c1)S(=O)(=O)c1ccccc1. The highest BCUT2D eigenvalue weighted by Crippen LogP contribution is 2.37. The molecule has 0 aliphatic rings. The molecule has 2 rings (SSSR count). The number of halogens is 4. The first-order valence-electron chi connectivity index (χ1n) is 8.78. The van der Waals surface area contributed by atoms with Crippen molar-refractivity contribution in [1.29, 1.82) is 0 Å². The van der Waals surface area contributed by atoms with Crippen molar-refractivity contribution in [3.05, 3.63) is 59.1 Å². The van der Waals surface area contributed by atoms with E-state index in [1.165, 1.54) is 24.3 Å². The van der Waals surface area contributed by atoms with Gasteiger partial charge in [-0.05, 0) is 36.8 Å². The summed E-state index contributed by atoms with van der Waals surface area (Å²) >= 11 is 5.64. The zero-order chi connectivity index (χ0) is 21.7. The average Bonchev–Trinajstić information content (AvgIpc) is 2.66. The number of rotatable bonds is 8. The van der Waals surface area contributed by atoms with E-state index < -0.39 is 39.2 Å². The van der Waals surface area contributed by atoms with Gasteiger partial charge in [0.05, 0.1) is 21.2 Å². The number of amides is 1. The molecule has 0 saturated carbocycles. The van der Waals surface area contributed by atoms with E-state index in [1.807, 2.05) is 6.92 Å². The Bertz CT molecular complexity index is 951. The van der Waals surface area contributed by atoms with Crippen LogP contribution in [0.1, 0.15) is 25.3 Å². The minimum absolute atomic E-state index is 0.148. The molecule has 2 aromatic carbocycles. The highest BCUT2D eigenvalue weighted by Gasteiger charge is 2.35.